The van der Waals surface area contributed by atoms with Gasteiger partial charge in [-0.2, -0.15) is 0 Å². The Hall–Kier alpha value is -0.910. The molecule has 0 aromatic heterocycles. The van der Waals surface area contributed by atoms with Gasteiger partial charge in [-0.3, -0.25) is 13.8 Å². The van der Waals surface area contributed by atoms with Gasteiger partial charge in [-0.15, -0.1) is 0 Å². The lowest BCUT2D eigenvalue weighted by atomic mass is 10.2. The zero-order valence-electron chi connectivity index (χ0n) is 11.0. The number of carboxylic acid groups (broad SMARTS) is 1. The first-order valence-electron chi connectivity index (χ1n) is 5.62. The first kappa shape index (κ1) is 16.1. The summed E-state index contributed by atoms with van der Waals surface area (Å²) >= 11 is 0. The average molecular weight is 263 g/mol. The molecule has 0 saturated carbocycles. The molecule has 2 unspecified atom stereocenters. The third-order valence-electron chi connectivity index (χ3n) is 2.76. The number of nitrogens with zero attached hydrogens (tertiary/aromatic N) is 1. The molecule has 1 amide bonds. The quantitative estimate of drug-likeness (QED) is 0.771. The maximum absolute atomic E-state index is 12.1. The minimum absolute atomic E-state index is 0.261. The number of hydrogen-bond acceptors (Lipinski definition) is 3. The van der Waals surface area contributed by atoms with Gasteiger partial charge in [0.1, 0.15) is 10.00 Å². The van der Waals surface area contributed by atoms with E-state index in [4.69, 9.17) is 5.11 Å². The van der Waals surface area contributed by atoms with Crippen LogP contribution in [0.4, 0.5) is 0 Å². The summed E-state index contributed by atoms with van der Waals surface area (Å²) in [7, 11) is -1.75. The van der Waals surface area contributed by atoms with Crippen LogP contribution >= 0.6 is 0 Å². The van der Waals surface area contributed by atoms with Crippen molar-refractivity contribution in [3.63, 3.8) is 0 Å². The van der Waals surface area contributed by atoms with Crippen LogP contribution in [-0.4, -0.2) is 49.2 Å². The number of carbonyl (C=O) groups is 2. The van der Waals surface area contributed by atoms with E-state index in [0.29, 0.717) is 13.1 Å². The molecular formula is C11H21NO4S. The van der Waals surface area contributed by atoms with E-state index in [2.05, 4.69) is 0 Å². The number of carboxylic acids is 1. The van der Waals surface area contributed by atoms with Gasteiger partial charge in [0.05, 0.1) is 10.8 Å². The van der Waals surface area contributed by atoms with Crippen LogP contribution in [0.15, 0.2) is 0 Å². The maximum atomic E-state index is 12.1. The van der Waals surface area contributed by atoms with Gasteiger partial charge in [0.15, 0.2) is 0 Å². The molecule has 0 rings (SSSR count). The smallest absolute Gasteiger partial charge is 0.321 e. The van der Waals surface area contributed by atoms with Crippen LogP contribution in [0.3, 0.4) is 0 Å². The zero-order chi connectivity index (χ0) is 13.8. The normalized spacial score (nSPS) is 15.1. The van der Waals surface area contributed by atoms with E-state index in [1.807, 2.05) is 13.8 Å². The standard InChI is InChI=1S/C11H21NO4S/c1-6-12(7-2)9(13)8(3)17(16)11(4,5)10(14)15/h8H,6-7H2,1-5H3,(H,14,15). The highest BCUT2D eigenvalue weighted by molar-refractivity contribution is 7.88. The van der Waals surface area contributed by atoms with Gasteiger partial charge in [0.25, 0.3) is 0 Å². The van der Waals surface area contributed by atoms with Crippen LogP contribution < -0.4 is 0 Å². The van der Waals surface area contributed by atoms with Crippen LogP contribution in [0.5, 0.6) is 0 Å². The van der Waals surface area contributed by atoms with E-state index in [1.165, 1.54) is 20.8 Å². The lowest BCUT2D eigenvalue weighted by Gasteiger charge is -2.27. The third kappa shape index (κ3) is 3.52. The number of aliphatic carboxylic acids is 1. The topological polar surface area (TPSA) is 74.7 Å². The molecule has 0 heterocycles. The van der Waals surface area contributed by atoms with Crippen molar-refractivity contribution in [3.8, 4) is 0 Å². The summed E-state index contributed by atoms with van der Waals surface area (Å²) in [4.78, 5) is 24.5. The molecule has 1 N–H and O–H groups in total. The summed E-state index contributed by atoms with van der Waals surface area (Å²) in [6.45, 7) is 8.99. The molecule has 0 aromatic carbocycles. The highest BCUT2D eigenvalue weighted by atomic mass is 32.2. The Kier molecular flexibility index (Phi) is 5.81. The molecule has 0 aromatic rings. The highest BCUT2D eigenvalue weighted by Crippen LogP contribution is 2.18. The monoisotopic (exact) mass is 263 g/mol. The fraction of sp³-hybridized carbons (Fsp3) is 0.818. The van der Waals surface area contributed by atoms with Crippen molar-refractivity contribution in [2.75, 3.05) is 13.1 Å². The summed E-state index contributed by atoms with van der Waals surface area (Å²) in [5.74, 6) is -1.42. The Bertz CT molecular complexity index is 323. The summed E-state index contributed by atoms with van der Waals surface area (Å²) in [5, 5.41) is 8.17. The average Bonchev–Trinajstić information content (AvgIpc) is 2.28. The minimum atomic E-state index is -1.75. The van der Waals surface area contributed by atoms with Crippen molar-refractivity contribution in [3.05, 3.63) is 0 Å². The summed E-state index contributed by atoms with van der Waals surface area (Å²) in [6, 6.07) is 0. The molecule has 0 saturated heterocycles. The largest absolute Gasteiger partial charge is 0.480 e. The van der Waals surface area contributed by atoms with Gasteiger partial charge in [0.2, 0.25) is 5.91 Å². The molecule has 0 aliphatic heterocycles. The van der Waals surface area contributed by atoms with Crippen molar-refractivity contribution < 1.29 is 18.9 Å². The van der Waals surface area contributed by atoms with Crippen molar-refractivity contribution >= 4 is 22.7 Å². The molecule has 0 bridgehead atoms. The van der Waals surface area contributed by atoms with Gasteiger partial charge in [-0.1, -0.05) is 0 Å². The molecule has 6 heteroatoms. The molecule has 0 radical (unpaired) electrons. The molecule has 100 valence electrons. The van der Waals surface area contributed by atoms with Gasteiger partial charge in [-0.25, -0.2) is 0 Å². The second kappa shape index (κ2) is 6.14. The van der Waals surface area contributed by atoms with Crippen molar-refractivity contribution in [2.24, 2.45) is 0 Å². The number of carbonyl (C=O) groups excluding carboxylic acids is 1. The van der Waals surface area contributed by atoms with Gasteiger partial charge in [0, 0.05) is 13.1 Å². The van der Waals surface area contributed by atoms with E-state index in [9.17, 15) is 13.8 Å². The first-order valence-corrected chi connectivity index (χ1v) is 6.84. The van der Waals surface area contributed by atoms with Gasteiger partial charge < -0.3 is 10.0 Å². The fourth-order valence-electron chi connectivity index (χ4n) is 1.41. The molecule has 5 nitrogen and oxygen atoms in total. The van der Waals surface area contributed by atoms with Crippen LogP contribution in [0.25, 0.3) is 0 Å². The molecule has 0 aliphatic carbocycles. The van der Waals surface area contributed by atoms with Gasteiger partial charge in [-0.05, 0) is 34.6 Å². The molecule has 0 spiro atoms. The van der Waals surface area contributed by atoms with E-state index in [1.54, 1.807) is 4.90 Å². The van der Waals surface area contributed by atoms with Crippen molar-refractivity contribution in [2.45, 2.75) is 44.6 Å². The Labute approximate surface area is 105 Å². The predicted molar refractivity (Wildman–Crippen MR) is 67.2 cm³/mol. The number of amides is 1. The lowest BCUT2D eigenvalue weighted by Crippen LogP contribution is -2.47. The summed E-state index contributed by atoms with van der Waals surface area (Å²) < 4.78 is 10.7. The van der Waals surface area contributed by atoms with Crippen molar-refractivity contribution in [1.29, 1.82) is 0 Å². The molecule has 0 fully saturated rings. The van der Waals surface area contributed by atoms with Crippen LogP contribution in [0, 0.1) is 0 Å². The summed E-state index contributed by atoms with van der Waals surface area (Å²) in [5.41, 5.74) is 0. The number of hydrogen-bond donors (Lipinski definition) is 1. The summed E-state index contributed by atoms with van der Waals surface area (Å²) in [6.07, 6.45) is 0. The molecule has 2 atom stereocenters. The molecular weight excluding hydrogens is 242 g/mol. The van der Waals surface area contributed by atoms with Crippen LogP contribution in [0.1, 0.15) is 34.6 Å². The lowest BCUT2D eigenvalue weighted by molar-refractivity contribution is -0.139. The zero-order valence-corrected chi connectivity index (χ0v) is 11.8. The fourth-order valence-corrected chi connectivity index (χ4v) is 2.80. The predicted octanol–water partition coefficient (Wildman–Crippen LogP) is 0.855. The third-order valence-corrected chi connectivity index (χ3v) is 4.79. The minimum Gasteiger partial charge on any atom is -0.480 e. The highest BCUT2D eigenvalue weighted by Gasteiger charge is 2.40. The Balaban J connectivity index is 4.94. The Morgan fingerprint density at radius 3 is 2.00 bits per heavy atom. The van der Waals surface area contributed by atoms with E-state index >= 15 is 0 Å². The Morgan fingerprint density at radius 1 is 1.29 bits per heavy atom. The second-order valence-corrected chi connectivity index (χ2v) is 6.59. The second-order valence-electron chi connectivity index (χ2n) is 4.27. The van der Waals surface area contributed by atoms with E-state index < -0.39 is 26.8 Å². The van der Waals surface area contributed by atoms with Crippen molar-refractivity contribution in [1.82, 2.24) is 4.90 Å². The maximum Gasteiger partial charge on any atom is 0.321 e. The molecule has 0 aliphatic rings. The van der Waals surface area contributed by atoms with Gasteiger partial charge >= 0.3 is 5.97 Å². The van der Waals surface area contributed by atoms with E-state index in [0.717, 1.165) is 0 Å². The van der Waals surface area contributed by atoms with Crippen LogP contribution in [0.2, 0.25) is 0 Å². The SMILES string of the molecule is CCN(CC)C(=O)C(C)S(=O)C(C)(C)C(=O)O. The molecule has 17 heavy (non-hydrogen) atoms. The Morgan fingerprint density at radius 2 is 1.71 bits per heavy atom. The first-order chi connectivity index (χ1) is 7.69. The number of rotatable bonds is 6. The van der Waals surface area contributed by atoms with E-state index in [-0.39, 0.29) is 5.91 Å². The van der Waals surface area contributed by atoms with Crippen LogP contribution in [-0.2, 0) is 20.4 Å².